The molecule has 1 aromatic carbocycles. The van der Waals surface area contributed by atoms with Gasteiger partial charge in [-0.25, -0.2) is 0 Å². The molecule has 128 valence electrons. The van der Waals surface area contributed by atoms with E-state index in [2.05, 4.69) is 35.0 Å². The summed E-state index contributed by atoms with van der Waals surface area (Å²) in [6.07, 6.45) is 17.5. The minimum absolute atomic E-state index is 0.830. The van der Waals surface area contributed by atoms with Gasteiger partial charge in [0.05, 0.1) is 11.6 Å². The zero-order chi connectivity index (χ0) is 16.8. The van der Waals surface area contributed by atoms with Crippen LogP contribution in [0.4, 0.5) is 0 Å². The van der Waals surface area contributed by atoms with Gasteiger partial charge in [0, 0.05) is 4.47 Å². The van der Waals surface area contributed by atoms with E-state index in [1.54, 1.807) is 0 Å². The van der Waals surface area contributed by atoms with E-state index in [4.69, 9.17) is 5.26 Å². The second kappa shape index (κ2) is 13.6. The van der Waals surface area contributed by atoms with Gasteiger partial charge in [0.2, 0.25) is 0 Å². The molecule has 0 radical (unpaired) electrons. The molecule has 0 atom stereocenters. The Labute approximate surface area is 151 Å². The Morgan fingerprint density at radius 1 is 0.826 bits per heavy atom. The number of hydrogen-bond acceptors (Lipinski definition) is 1. The summed E-state index contributed by atoms with van der Waals surface area (Å²) in [5.41, 5.74) is 2.02. The van der Waals surface area contributed by atoms with Crippen LogP contribution in [-0.4, -0.2) is 0 Å². The maximum absolute atomic E-state index is 9.14. The third-order valence-electron chi connectivity index (χ3n) is 4.49. The zero-order valence-corrected chi connectivity index (χ0v) is 16.3. The maximum Gasteiger partial charge on any atom is 0.0994 e. The van der Waals surface area contributed by atoms with E-state index in [-0.39, 0.29) is 0 Å². The molecule has 0 fully saturated rings. The molecule has 23 heavy (non-hydrogen) atoms. The van der Waals surface area contributed by atoms with Crippen molar-refractivity contribution in [1.29, 1.82) is 5.26 Å². The summed E-state index contributed by atoms with van der Waals surface area (Å²) in [4.78, 5) is 0. The van der Waals surface area contributed by atoms with Gasteiger partial charge in [0.1, 0.15) is 0 Å². The Hall–Kier alpha value is -0.810. The van der Waals surface area contributed by atoms with Gasteiger partial charge < -0.3 is 0 Å². The molecule has 0 aromatic heterocycles. The van der Waals surface area contributed by atoms with Gasteiger partial charge in [-0.1, -0.05) is 93.5 Å². The predicted octanol–water partition coefficient (Wildman–Crippen LogP) is 7.56. The summed E-state index contributed by atoms with van der Waals surface area (Å²) < 4.78 is 1.07. The van der Waals surface area contributed by atoms with Gasteiger partial charge in [-0.05, 0) is 36.6 Å². The first-order chi connectivity index (χ1) is 11.3. The summed E-state index contributed by atoms with van der Waals surface area (Å²) in [7, 11) is 0. The lowest BCUT2D eigenvalue weighted by molar-refractivity contribution is 0.544. The second-order valence-electron chi connectivity index (χ2n) is 6.55. The molecule has 1 nitrogen and oxygen atoms in total. The van der Waals surface area contributed by atoms with E-state index in [1.807, 2.05) is 12.1 Å². The van der Waals surface area contributed by atoms with Crippen molar-refractivity contribution in [3.63, 3.8) is 0 Å². The van der Waals surface area contributed by atoms with Crippen LogP contribution >= 0.6 is 15.9 Å². The normalized spacial score (nSPS) is 10.7. The first-order valence-electron chi connectivity index (χ1n) is 9.46. The van der Waals surface area contributed by atoms with Crippen LogP contribution in [0.2, 0.25) is 0 Å². The molecule has 0 saturated carbocycles. The van der Waals surface area contributed by atoms with Crippen LogP contribution in [0.5, 0.6) is 0 Å². The molecule has 0 heterocycles. The third-order valence-corrected chi connectivity index (χ3v) is 4.98. The Morgan fingerprint density at radius 2 is 1.35 bits per heavy atom. The number of aryl methyl sites for hydroxylation is 1. The van der Waals surface area contributed by atoms with Gasteiger partial charge in [-0.15, -0.1) is 0 Å². The summed E-state index contributed by atoms with van der Waals surface area (Å²) >= 11 is 3.49. The van der Waals surface area contributed by atoms with E-state index in [0.29, 0.717) is 0 Å². The van der Waals surface area contributed by atoms with Crippen molar-refractivity contribution in [1.82, 2.24) is 0 Å². The van der Waals surface area contributed by atoms with Crippen molar-refractivity contribution in [2.45, 2.75) is 90.4 Å². The Balaban J connectivity index is 1.98. The quantitative estimate of drug-likeness (QED) is 0.325. The third kappa shape index (κ3) is 9.82. The molecule has 2 heteroatoms. The van der Waals surface area contributed by atoms with E-state index in [1.165, 1.54) is 82.6 Å². The van der Waals surface area contributed by atoms with Crippen LogP contribution < -0.4 is 0 Å². The number of rotatable bonds is 13. The molecular formula is C21H32BrN. The van der Waals surface area contributed by atoms with Crippen LogP contribution in [0, 0.1) is 11.3 Å². The number of nitrogens with zero attached hydrogens (tertiary/aromatic N) is 1. The van der Waals surface area contributed by atoms with Crippen molar-refractivity contribution in [3.05, 3.63) is 33.8 Å². The molecule has 0 amide bonds. The molecule has 0 aliphatic heterocycles. The van der Waals surface area contributed by atoms with Gasteiger partial charge in [0.15, 0.2) is 0 Å². The lowest BCUT2D eigenvalue weighted by atomic mass is 10.0. The number of benzene rings is 1. The van der Waals surface area contributed by atoms with E-state index in [9.17, 15) is 0 Å². The molecule has 0 spiro atoms. The molecule has 0 bridgehead atoms. The second-order valence-corrected chi connectivity index (χ2v) is 7.47. The monoisotopic (exact) mass is 377 g/mol. The Bertz CT molecular complexity index is 461. The predicted molar refractivity (Wildman–Crippen MR) is 104 cm³/mol. The molecule has 0 aliphatic rings. The molecule has 0 saturated heterocycles. The van der Waals surface area contributed by atoms with Crippen LogP contribution in [0.1, 0.15) is 95.1 Å². The number of unbranched alkanes of at least 4 members (excludes halogenated alkanes) is 11. The number of nitriles is 1. The molecule has 0 aliphatic carbocycles. The van der Waals surface area contributed by atoms with Gasteiger partial charge >= 0.3 is 0 Å². The maximum atomic E-state index is 9.14. The molecule has 0 N–H and O–H groups in total. The van der Waals surface area contributed by atoms with E-state index >= 15 is 0 Å². The molecule has 1 aromatic rings. The first kappa shape index (κ1) is 20.2. The van der Waals surface area contributed by atoms with Crippen molar-refractivity contribution in [2.24, 2.45) is 0 Å². The zero-order valence-electron chi connectivity index (χ0n) is 14.7. The van der Waals surface area contributed by atoms with E-state index in [0.717, 1.165) is 16.5 Å². The number of hydrogen-bond donors (Lipinski definition) is 0. The van der Waals surface area contributed by atoms with Crippen molar-refractivity contribution in [2.75, 3.05) is 0 Å². The largest absolute Gasteiger partial charge is 0.192 e. The van der Waals surface area contributed by atoms with Crippen LogP contribution in [0.3, 0.4) is 0 Å². The van der Waals surface area contributed by atoms with Crippen LogP contribution in [0.15, 0.2) is 22.7 Å². The summed E-state index contributed by atoms with van der Waals surface area (Å²) in [6, 6.07) is 8.25. The van der Waals surface area contributed by atoms with Crippen molar-refractivity contribution < 1.29 is 0 Å². The smallest absolute Gasteiger partial charge is 0.0994 e. The summed E-state index contributed by atoms with van der Waals surface area (Å²) in [6.45, 7) is 2.28. The lowest BCUT2D eigenvalue weighted by Gasteiger charge is -2.05. The fourth-order valence-electron chi connectivity index (χ4n) is 3.03. The summed E-state index contributed by atoms with van der Waals surface area (Å²) in [5, 5.41) is 9.14. The van der Waals surface area contributed by atoms with Crippen molar-refractivity contribution >= 4 is 15.9 Å². The van der Waals surface area contributed by atoms with Crippen molar-refractivity contribution in [3.8, 4) is 6.07 Å². The summed E-state index contributed by atoms with van der Waals surface area (Å²) in [5.74, 6) is 0. The SMILES string of the molecule is CCCCCCCCCCCCCCc1cc(Br)ccc1C#N. The topological polar surface area (TPSA) is 23.8 Å². The lowest BCUT2D eigenvalue weighted by Crippen LogP contribution is -1.91. The highest BCUT2D eigenvalue weighted by atomic mass is 79.9. The minimum Gasteiger partial charge on any atom is -0.192 e. The van der Waals surface area contributed by atoms with Gasteiger partial charge in [-0.2, -0.15) is 5.26 Å². The van der Waals surface area contributed by atoms with Crippen LogP contribution in [0.25, 0.3) is 0 Å². The Kier molecular flexibility index (Phi) is 12.0. The minimum atomic E-state index is 0.830. The highest BCUT2D eigenvalue weighted by molar-refractivity contribution is 9.10. The Morgan fingerprint density at radius 3 is 1.87 bits per heavy atom. The fourth-order valence-corrected chi connectivity index (χ4v) is 3.44. The number of halogens is 1. The first-order valence-corrected chi connectivity index (χ1v) is 10.3. The standard InChI is InChI=1S/C21H32BrN/c1-2-3-4-5-6-7-8-9-10-11-12-13-14-19-17-21(22)16-15-20(19)18-23/h15-17H,2-14H2,1H3. The molecular weight excluding hydrogens is 346 g/mol. The fraction of sp³-hybridized carbons (Fsp3) is 0.667. The highest BCUT2D eigenvalue weighted by Gasteiger charge is 2.02. The van der Waals surface area contributed by atoms with Gasteiger partial charge in [-0.3, -0.25) is 0 Å². The average molecular weight is 378 g/mol. The van der Waals surface area contributed by atoms with E-state index < -0.39 is 0 Å². The van der Waals surface area contributed by atoms with Crippen LogP contribution in [-0.2, 0) is 6.42 Å². The van der Waals surface area contributed by atoms with Gasteiger partial charge in [0.25, 0.3) is 0 Å². The average Bonchev–Trinajstić information content (AvgIpc) is 2.56. The molecule has 1 rings (SSSR count). The molecule has 0 unspecified atom stereocenters. The highest BCUT2D eigenvalue weighted by Crippen LogP contribution is 2.19.